The van der Waals surface area contributed by atoms with E-state index in [0.717, 1.165) is 11.4 Å². The molecule has 0 saturated carbocycles. The highest BCUT2D eigenvalue weighted by Gasteiger charge is 2.14. The van der Waals surface area contributed by atoms with Crippen molar-refractivity contribution in [2.75, 3.05) is 31.6 Å². The second-order valence-corrected chi connectivity index (χ2v) is 5.55. The Labute approximate surface area is 155 Å². The number of benzene rings is 2. The third-order valence-corrected chi connectivity index (χ3v) is 3.86. The van der Waals surface area contributed by atoms with E-state index in [-0.39, 0.29) is 6.79 Å². The number of anilines is 4. The molecule has 2 heterocycles. The maximum Gasteiger partial charge on any atom is 0.249 e. The number of ether oxygens (including phenoxy) is 4. The molecule has 0 fully saturated rings. The van der Waals surface area contributed by atoms with Gasteiger partial charge in [0.15, 0.2) is 17.3 Å². The van der Waals surface area contributed by atoms with Crippen molar-refractivity contribution in [1.82, 2.24) is 15.2 Å². The van der Waals surface area contributed by atoms with Crippen molar-refractivity contribution in [2.24, 2.45) is 0 Å². The summed E-state index contributed by atoms with van der Waals surface area (Å²) < 4.78 is 21.3. The molecule has 0 amide bonds. The molecule has 4 rings (SSSR count). The summed E-state index contributed by atoms with van der Waals surface area (Å²) >= 11 is 0. The molecule has 0 saturated heterocycles. The number of hydrogen-bond donors (Lipinski definition) is 2. The molecular formula is C18H17N5O4. The highest BCUT2D eigenvalue weighted by Crippen LogP contribution is 2.35. The Hall–Kier alpha value is -3.75. The molecular weight excluding hydrogens is 350 g/mol. The zero-order chi connectivity index (χ0) is 18.6. The summed E-state index contributed by atoms with van der Waals surface area (Å²) in [6.07, 6.45) is 1.53. The van der Waals surface area contributed by atoms with Gasteiger partial charge in [0.2, 0.25) is 12.7 Å². The smallest absolute Gasteiger partial charge is 0.249 e. The van der Waals surface area contributed by atoms with Gasteiger partial charge >= 0.3 is 0 Å². The van der Waals surface area contributed by atoms with E-state index in [1.807, 2.05) is 30.3 Å². The largest absolute Gasteiger partial charge is 0.497 e. The van der Waals surface area contributed by atoms with Crippen molar-refractivity contribution >= 4 is 23.1 Å². The van der Waals surface area contributed by atoms with Crippen molar-refractivity contribution in [3.63, 3.8) is 0 Å². The van der Waals surface area contributed by atoms with E-state index < -0.39 is 0 Å². The molecule has 9 nitrogen and oxygen atoms in total. The van der Waals surface area contributed by atoms with Crippen LogP contribution < -0.4 is 29.6 Å². The van der Waals surface area contributed by atoms with Crippen LogP contribution in [0.5, 0.6) is 23.0 Å². The first kappa shape index (κ1) is 16.7. The van der Waals surface area contributed by atoms with Crippen LogP contribution in [0.3, 0.4) is 0 Å². The lowest BCUT2D eigenvalue weighted by Gasteiger charge is -2.12. The van der Waals surface area contributed by atoms with Gasteiger partial charge in [0, 0.05) is 17.8 Å². The fourth-order valence-electron chi connectivity index (χ4n) is 2.56. The Bertz CT molecular complexity index is 966. The van der Waals surface area contributed by atoms with Crippen LogP contribution in [0.2, 0.25) is 0 Å². The van der Waals surface area contributed by atoms with Crippen LogP contribution in [0.4, 0.5) is 23.1 Å². The highest BCUT2D eigenvalue weighted by molar-refractivity contribution is 5.66. The van der Waals surface area contributed by atoms with E-state index in [1.54, 1.807) is 20.3 Å². The van der Waals surface area contributed by atoms with Crippen molar-refractivity contribution < 1.29 is 18.9 Å². The maximum atomic E-state index is 5.38. The van der Waals surface area contributed by atoms with E-state index in [1.165, 1.54) is 6.20 Å². The van der Waals surface area contributed by atoms with Gasteiger partial charge in [-0.3, -0.25) is 0 Å². The van der Waals surface area contributed by atoms with Crippen LogP contribution in [-0.4, -0.2) is 36.2 Å². The molecule has 2 N–H and O–H groups in total. The standard InChI is InChI=1S/C18H17N5O4/c1-24-12-4-5-13(15(8-12)25-2)21-18-22-17(9-19-23-18)20-11-3-6-14-16(7-11)27-10-26-14/h3-9H,10H2,1-2H3,(H2,20,21,22,23). The molecule has 0 atom stereocenters. The fourth-order valence-corrected chi connectivity index (χ4v) is 2.56. The molecule has 0 bridgehead atoms. The molecule has 1 aromatic heterocycles. The minimum atomic E-state index is 0.228. The molecule has 27 heavy (non-hydrogen) atoms. The molecule has 138 valence electrons. The number of fused-ring (bicyclic) bond motifs is 1. The lowest BCUT2D eigenvalue weighted by atomic mass is 10.2. The number of nitrogens with zero attached hydrogens (tertiary/aromatic N) is 3. The van der Waals surface area contributed by atoms with E-state index in [0.29, 0.717) is 34.7 Å². The van der Waals surface area contributed by atoms with Crippen LogP contribution >= 0.6 is 0 Å². The third-order valence-electron chi connectivity index (χ3n) is 3.86. The molecule has 2 aromatic carbocycles. The Morgan fingerprint density at radius 3 is 2.70 bits per heavy atom. The molecule has 3 aromatic rings. The Morgan fingerprint density at radius 2 is 1.85 bits per heavy atom. The van der Waals surface area contributed by atoms with Gasteiger partial charge in [-0.15, -0.1) is 5.10 Å². The topological polar surface area (TPSA) is 99.7 Å². The summed E-state index contributed by atoms with van der Waals surface area (Å²) in [6.45, 7) is 0.228. The lowest BCUT2D eigenvalue weighted by molar-refractivity contribution is 0.174. The molecule has 0 radical (unpaired) electrons. The normalized spacial score (nSPS) is 11.8. The summed E-state index contributed by atoms with van der Waals surface area (Å²) in [5.41, 5.74) is 1.49. The minimum Gasteiger partial charge on any atom is -0.497 e. The highest BCUT2D eigenvalue weighted by atomic mass is 16.7. The van der Waals surface area contributed by atoms with Crippen LogP contribution in [0.15, 0.2) is 42.6 Å². The number of aromatic nitrogens is 3. The van der Waals surface area contributed by atoms with E-state index >= 15 is 0 Å². The van der Waals surface area contributed by atoms with Crippen molar-refractivity contribution in [3.8, 4) is 23.0 Å². The van der Waals surface area contributed by atoms with Gasteiger partial charge in [0.05, 0.1) is 26.1 Å². The first-order valence-electron chi connectivity index (χ1n) is 8.10. The van der Waals surface area contributed by atoms with Gasteiger partial charge in [-0.2, -0.15) is 10.1 Å². The van der Waals surface area contributed by atoms with E-state index in [2.05, 4.69) is 25.8 Å². The number of nitrogens with one attached hydrogen (secondary N) is 2. The second kappa shape index (κ2) is 7.24. The number of hydrogen-bond acceptors (Lipinski definition) is 9. The van der Waals surface area contributed by atoms with Crippen molar-refractivity contribution in [1.29, 1.82) is 0 Å². The average molecular weight is 367 g/mol. The lowest BCUT2D eigenvalue weighted by Crippen LogP contribution is -2.03. The molecule has 1 aliphatic rings. The number of rotatable bonds is 6. The first-order chi connectivity index (χ1) is 13.2. The molecule has 0 aliphatic carbocycles. The van der Waals surface area contributed by atoms with Gasteiger partial charge in [0.1, 0.15) is 11.5 Å². The second-order valence-electron chi connectivity index (χ2n) is 5.55. The Kier molecular flexibility index (Phi) is 4.48. The predicted molar refractivity (Wildman–Crippen MR) is 98.5 cm³/mol. The molecule has 9 heteroatoms. The van der Waals surface area contributed by atoms with Crippen molar-refractivity contribution in [2.45, 2.75) is 0 Å². The maximum absolute atomic E-state index is 5.38. The van der Waals surface area contributed by atoms with Gasteiger partial charge in [-0.1, -0.05) is 0 Å². The van der Waals surface area contributed by atoms with Crippen molar-refractivity contribution in [3.05, 3.63) is 42.6 Å². The van der Waals surface area contributed by atoms with Gasteiger partial charge < -0.3 is 29.6 Å². The zero-order valence-corrected chi connectivity index (χ0v) is 14.7. The quantitative estimate of drug-likeness (QED) is 0.680. The van der Waals surface area contributed by atoms with Crippen LogP contribution in [0.25, 0.3) is 0 Å². The number of methoxy groups -OCH3 is 2. The molecule has 1 aliphatic heterocycles. The summed E-state index contributed by atoms with van der Waals surface area (Å²) in [7, 11) is 3.18. The minimum absolute atomic E-state index is 0.228. The summed E-state index contributed by atoms with van der Waals surface area (Å²) in [6, 6.07) is 10.9. The van der Waals surface area contributed by atoms with E-state index in [4.69, 9.17) is 18.9 Å². The van der Waals surface area contributed by atoms with Crippen LogP contribution in [0.1, 0.15) is 0 Å². The summed E-state index contributed by atoms with van der Waals surface area (Å²) in [5.74, 6) is 3.54. The summed E-state index contributed by atoms with van der Waals surface area (Å²) in [5, 5.41) is 14.2. The molecule has 0 unspecified atom stereocenters. The SMILES string of the molecule is COc1ccc(Nc2nncc(Nc3ccc4c(c3)OCO4)n2)c(OC)c1. The molecule has 0 spiro atoms. The predicted octanol–water partition coefficient (Wildman–Crippen LogP) is 3.10. The third kappa shape index (κ3) is 3.61. The average Bonchev–Trinajstić information content (AvgIpc) is 3.16. The van der Waals surface area contributed by atoms with Gasteiger partial charge in [-0.25, -0.2) is 0 Å². The Morgan fingerprint density at radius 1 is 0.963 bits per heavy atom. The van der Waals surface area contributed by atoms with Crippen LogP contribution in [0, 0.1) is 0 Å². The fraction of sp³-hybridized carbons (Fsp3) is 0.167. The Balaban J connectivity index is 1.53. The van der Waals surface area contributed by atoms with Gasteiger partial charge in [0.25, 0.3) is 0 Å². The van der Waals surface area contributed by atoms with E-state index in [9.17, 15) is 0 Å². The monoisotopic (exact) mass is 367 g/mol. The first-order valence-corrected chi connectivity index (χ1v) is 8.10. The zero-order valence-electron chi connectivity index (χ0n) is 14.7. The van der Waals surface area contributed by atoms with Gasteiger partial charge in [-0.05, 0) is 24.3 Å². The summed E-state index contributed by atoms with van der Waals surface area (Å²) in [4.78, 5) is 4.42. The van der Waals surface area contributed by atoms with Crippen LogP contribution in [-0.2, 0) is 0 Å².